The van der Waals surface area contributed by atoms with Gasteiger partial charge < -0.3 is 10.1 Å². The molecule has 1 aliphatic rings. The third kappa shape index (κ3) is 2.30. The molecule has 0 saturated heterocycles. The van der Waals surface area contributed by atoms with Crippen LogP contribution >= 0.6 is 0 Å². The van der Waals surface area contributed by atoms with E-state index in [1.165, 1.54) is 22.3 Å². The number of aryl methyl sites for hydroxylation is 3. The molecule has 1 N–H and O–H groups in total. The second-order valence-corrected chi connectivity index (χ2v) is 5.35. The zero-order chi connectivity index (χ0) is 13.4. The second kappa shape index (κ2) is 4.61. The SMILES string of the molecule is Cc1ccc(C2CNc3ccc(C)cc3O2)c(C)c1. The summed E-state index contributed by atoms with van der Waals surface area (Å²) in [6, 6.07) is 12.8. The Morgan fingerprint density at radius 2 is 1.74 bits per heavy atom. The lowest BCUT2D eigenvalue weighted by molar-refractivity contribution is 0.209. The van der Waals surface area contributed by atoms with E-state index < -0.39 is 0 Å². The first-order chi connectivity index (χ1) is 9.13. The highest BCUT2D eigenvalue weighted by molar-refractivity contribution is 5.59. The highest BCUT2D eigenvalue weighted by atomic mass is 16.5. The molecule has 1 aliphatic heterocycles. The number of benzene rings is 2. The van der Waals surface area contributed by atoms with E-state index in [1.54, 1.807) is 0 Å². The Morgan fingerprint density at radius 3 is 2.53 bits per heavy atom. The predicted octanol–water partition coefficient (Wildman–Crippen LogP) is 4.16. The van der Waals surface area contributed by atoms with Crippen molar-refractivity contribution < 1.29 is 4.74 Å². The molecule has 0 amide bonds. The van der Waals surface area contributed by atoms with Gasteiger partial charge in [0.15, 0.2) is 0 Å². The Balaban J connectivity index is 1.93. The van der Waals surface area contributed by atoms with Crippen LogP contribution in [0.15, 0.2) is 36.4 Å². The lowest BCUT2D eigenvalue weighted by atomic mass is 10.00. The smallest absolute Gasteiger partial charge is 0.143 e. The molecule has 0 fully saturated rings. The van der Waals surface area contributed by atoms with Crippen LogP contribution in [0.3, 0.4) is 0 Å². The van der Waals surface area contributed by atoms with E-state index in [4.69, 9.17) is 4.74 Å². The molecule has 0 saturated carbocycles. The van der Waals surface area contributed by atoms with E-state index in [9.17, 15) is 0 Å². The first-order valence-electron chi connectivity index (χ1n) is 6.72. The third-order valence-corrected chi connectivity index (χ3v) is 3.66. The fourth-order valence-electron chi connectivity index (χ4n) is 2.63. The molecule has 19 heavy (non-hydrogen) atoms. The molecular formula is C17H19NO. The van der Waals surface area contributed by atoms with Crippen LogP contribution in [-0.4, -0.2) is 6.54 Å². The maximum atomic E-state index is 6.16. The highest BCUT2D eigenvalue weighted by Crippen LogP contribution is 2.35. The molecule has 2 heteroatoms. The minimum atomic E-state index is 0.0925. The summed E-state index contributed by atoms with van der Waals surface area (Å²) in [4.78, 5) is 0. The first-order valence-corrected chi connectivity index (χ1v) is 6.72. The Hall–Kier alpha value is -1.96. The van der Waals surface area contributed by atoms with Gasteiger partial charge in [0.25, 0.3) is 0 Å². The van der Waals surface area contributed by atoms with Crippen LogP contribution in [0.5, 0.6) is 5.75 Å². The Kier molecular flexibility index (Phi) is 2.94. The maximum Gasteiger partial charge on any atom is 0.143 e. The lowest BCUT2D eigenvalue weighted by Crippen LogP contribution is -2.24. The molecule has 0 spiro atoms. The number of nitrogens with one attached hydrogen (secondary N) is 1. The Labute approximate surface area is 114 Å². The molecule has 2 aromatic rings. The van der Waals surface area contributed by atoms with Crippen molar-refractivity contribution in [3.05, 3.63) is 58.7 Å². The van der Waals surface area contributed by atoms with Gasteiger partial charge in [0.1, 0.15) is 11.9 Å². The molecule has 2 aromatic carbocycles. The fraction of sp³-hybridized carbons (Fsp3) is 0.294. The molecule has 0 bridgehead atoms. The van der Waals surface area contributed by atoms with Crippen LogP contribution in [0.25, 0.3) is 0 Å². The van der Waals surface area contributed by atoms with Crippen LogP contribution in [0, 0.1) is 20.8 Å². The number of hydrogen-bond donors (Lipinski definition) is 1. The minimum Gasteiger partial charge on any atom is -0.482 e. The number of ether oxygens (including phenoxy) is 1. The van der Waals surface area contributed by atoms with Crippen molar-refractivity contribution in [2.24, 2.45) is 0 Å². The molecule has 0 aliphatic carbocycles. The molecule has 0 aromatic heterocycles. The molecule has 0 radical (unpaired) electrons. The number of rotatable bonds is 1. The van der Waals surface area contributed by atoms with Gasteiger partial charge in [-0.2, -0.15) is 0 Å². The normalized spacial score (nSPS) is 17.3. The van der Waals surface area contributed by atoms with Crippen molar-refractivity contribution in [1.29, 1.82) is 0 Å². The molecule has 98 valence electrons. The van der Waals surface area contributed by atoms with Gasteiger partial charge in [0.2, 0.25) is 0 Å². The topological polar surface area (TPSA) is 21.3 Å². The fourth-order valence-corrected chi connectivity index (χ4v) is 2.63. The van der Waals surface area contributed by atoms with Gasteiger partial charge >= 0.3 is 0 Å². The summed E-state index contributed by atoms with van der Waals surface area (Å²) in [6.45, 7) is 7.18. The summed E-state index contributed by atoms with van der Waals surface area (Å²) in [7, 11) is 0. The summed E-state index contributed by atoms with van der Waals surface area (Å²) in [6.07, 6.45) is 0.0925. The van der Waals surface area contributed by atoms with Gasteiger partial charge in [0, 0.05) is 0 Å². The van der Waals surface area contributed by atoms with E-state index in [2.05, 4.69) is 62.5 Å². The second-order valence-electron chi connectivity index (χ2n) is 5.35. The van der Waals surface area contributed by atoms with E-state index in [-0.39, 0.29) is 6.10 Å². The van der Waals surface area contributed by atoms with E-state index >= 15 is 0 Å². The Bertz CT molecular complexity index is 619. The zero-order valence-corrected chi connectivity index (χ0v) is 11.7. The standard InChI is InChI=1S/C17H19NO/c1-11-4-6-14(13(3)8-11)17-10-18-15-7-5-12(2)9-16(15)19-17/h4-9,17-18H,10H2,1-3H3. The van der Waals surface area contributed by atoms with Gasteiger partial charge in [-0.15, -0.1) is 0 Å². The average molecular weight is 253 g/mol. The first kappa shape index (κ1) is 12.1. The predicted molar refractivity (Wildman–Crippen MR) is 79.0 cm³/mol. The van der Waals surface area contributed by atoms with Crippen LogP contribution in [-0.2, 0) is 0 Å². The maximum absolute atomic E-state index is 6.16. The lowest BCUT2D eigenvalue weighted by Gasteiger charge is -2.29. The van der Waals surface area contributed by atoms with Gasteiger partial charge in [-0.25, -0.2) is 0 Å². The largest absolute Gasteiger partial charge is 0.482 e. The molecule has 3 rings (SSSR count). The van der Waals surface area contributed by atoms with Crippen LogP contribution in [0.2, 0.25) is 0 Å². The average Bonchev–Trinajstić information content (AvgIpc) is 2.38. The molecule has 1 heterocycles. The quantitative estimate of drug-likeness (QED) is 0.824. The van der Waals surface area contributed by atoms with Crippen molar-refractivity contribution >= 4 is 5.69 Å². The van der Waals surface area contributed by atoms with Crippen molar-refractivity contribution in [1.82, 2.24) is 0 Å². The Morgan fingerprint density at radius 1 is 1.00 bits per heavy atom. The van der Waals surface area contributed by atoms with Crippen molar-refractivity contribution in [2.45, 2.75) is 26.9 Å². The van der Waals surface area contributed by atoms with Crippen molar-refractivity contribution in [3.8, 4) is 5.75 Å². The molecule has 2 nitrogen and oxygen atoms in total. The third-order valence-electron chi connectivity index (χ3n) is 3.66. The molecular weight excluding hydrogens is 234 g/mol. The van der Waals surface area contributed by atoms with E-state index in [0.717, 1.165) is 18.0 Å². The summed E-state index contributed by atoms with van der Waals surface area (Å²) >= 11 is 0. The monoisotopic (exact) mass is 253 g/mol. The highest BCUT2D eigenvalue weighted by Gasteiger charge is 2.22. The number of anilines is 1. The summed E-state index contributed by atoms with van der Waals surface area (Å²) < 4.78 is 6.16. The summed E-state index contributed by atoms with van der Waals surface area (Å²) in [5, 5.41) is 3.46. The van der Waals surface area contributed by atoms with E-state index in [0.29, 0.717) is 0 Å². The van der Waals surface area contributed by atoms with Gasteiger partial charge in [-0.05, 0) is 49.6 Å². The van der Waals surface area contributed by atoms with Crippen LogP contribution < -0.4 is 10.1 Å². The number of hydrogen-bond acceptors (Lipinski definition) is 2. The molecule has 1 unspecified atom stereocenters. The van der Waals surface area contributed by atoms with Crippen LogP contribution in [0.4, 0.5) is 5.69 Å². The van der Waals surface area contributed by atoms with Crippen LogP contribution in [0.1, 0.15) is 28.4 Å². The van der Waals surface area contributed by atoms with Crippen molar-refractivity contribution in [3.63, 3.8) is 0 Å². The van der Waals surface area contributed by atoms with Gasteiger partial charge in [-0.1, -0.05) is 29.8 Å². The van der Waals surface area contributed by atoms with Gasteiger partial charge in [-0.3, -0.25) is 0 Å². The number of fused-ring (bicyclic) bond motifs is 1. The molecule has 1 atom stereocenters. The van der Waals surface area contributed by atoms with Gasteiger partial charge in [0.05, 0.1) is 12.2 Å². The van der Waals surface area contributed by atoms with Crippen molar-refractivity contribution in [2.75, 3.05) is 11.9 Å². The minimum absolute atomic E-state index is 0.0925. The summed E-state index contributed by atoms with van der Waals surface area (Å²) in [5.74, 6) is 0.955. The van der Waals surface area contributed by atoms with E-state index in [1.807, 2.05) is 0 Å². The zero-order valence-electron chi connectivity index (χ0n) is 11.7. The summed E-state index contributed by atoms with van der Waals surface area (Å²) in [5.41, 5.74) is 6.17.